The maximum Gasteiger partial charge on any atom is 0.319 e. The molecule has 1 aromatic rings. The average molecular weight is 319 g/mol. The minimum atomic E-state index is -0.184. The van der Waals surface area contributed by atoms with E-state index in [0.717, 1.165) is 18.9 Å². The van der Waals surface area contributed by atoms with Crippen LogP contribution in [0.3, 0.4) is 0 Å². The Morgan fingerprint density at radius 2 is 2.04 bits per heavy atom. The lowest BCUT2D eigenvalue weighted by Gasteiger charge is -2.30. The lowest BCUT2D eigenvalue weighted by Crippen LogP contribution is -2.36. The van der Waals surface area contributed by atoms with Gasteiger partial charge in [-0.25, -0.2) is 4.79 Å². The summed E-state index contributed by atoms with van der Waals surface area (Å²) >= 11 is 0. The van der Waals surface area contributed by atoms with Gasteiger partial charge >= 0.3 is 6.03 Å². The SMILES string of the molecule is CC1CCN(CCCNC(=O)Nc2ccc3c(c2)OCO3)CC1. The third-order valence-corrected chi connectivity index (χ3v) is 4.44. The number of carbonyl (C=O) groups excluding carboxylic acids is 1. The second-order valence-electron chi connectivity index (χ2n) is 6.33. The van der Waals surface area contributed by atoms with Crippen molar-refractivity contribution in [1.82, 2.24) is 10.2 Å². The van der Waals surface area contributed by atoms with Gasteiger partial charge in [0.25, 0.3) is 0 Å². The molecule has 1 saturated heterocycles. The number of piperidine rings is 1. The van der Waals surface area contributed by atoms with Gasteiger partial charge in [-0.2, -0.15) is 0 Å². The van der Waals surface area contributed by atoms with Crippen molar-refractivity contribution in [2.45, 2.75) is 26.2 Å². The van der Waals surface area contributed by atoms with E-state index < -0.39 is 0 Å². The quantitative estimate of drug-likeness (QED) is 0.819. The molecule has 0 saturated carbocycles. The number of fused-ring (bicyclic) bond motifs is 1. The Labute approximate surface area is 137 Å². The summed E-state index contributed by atoms with van der Waals surface area (Å²) in [4.78, 5) is 14.4. The predicted molar refractivity (Wildman–Crippen MR) is 89.0 cm³/mol. The van der Waals surface area contributed by atoms with E-state index in [0.29, 0.717) is 23.7 Å². The van der Waals surface area contributed by atoms with Crippen molar-refractivity contribution in [3.63, 3.8) is 0 Å². The normalized spacial score (nSPS) is 18.0. The van der Waals surface area contributed by atoms with Gasteiger partial charge in [-0.05, 0) is 56.9 Å². The first-order chi connectivity index (χ1) is 11.2. The number of nitrogens with one attached hydrogen (secondary N) is 2. The summed E-state index contributed by atoms with van der Waals surface area (Å²) in [5.41, 5.74) is 0.705. The molecule has 1 aromatic carbocycles. The molecule has 2 aliphatic heterocycles. The number of anilines is 1. The molecule has 0 aliphatic carbocycles. The molecule has 6 heteroatoms. The van der Waals surface area contributed by atoms with Crippen LogP contribution >= 0.6 is 0 Å². The maximum atomic E-state index is 11.9. The van der Waals surface area contributed by atoms with Crippen molar-refractivity contribution in [2.24, 2.45) is 5.92 Å². The molecule has 2 aliphatic rings. The number of benzene rings is 1. The Morgan fingerprint density at radius 1 is 1.26 bits per heavy atom. The molecule has 23 heavy (non-hydrogen) atoms. The fourth-order valence-corrected chi connectivity index (χ4v) is 2.94. The summed E-state index contributed by atoms with van der Waals surface area (Å²) in [5, 5.41) is 5.72. The van der Waals surface area contributed by atoms with Crippen molar-refractivity contribution >= 4 is 11.7 Å². The van der Waals surface area contributed by atoms with Gasteiger partial charge in [0.1, 0.15) is 0 Å². The molecule has 0 aromatic heterocycles. The highest BCUT2D eigenvalue weighted by molar-refractivity contribution is 5.89. The summed E-state index contributed by atoms with van der Waals surface area (Å²) in [7, 11) is 0. The van der Waals surface area contributed by atoms with Crippen LogP contribution in [0.25, 0.3) is 0 Å². The average Bonchev–Trinajstić information content (AvgIpc) is 3.01. The molecule has 2 amide bonds. The van der Waals surface area contributed by atoms with Crippen LogP contribution < -0.4 is 20.1 Å². The minimum absolute atomic E-state index is 0.184. The molecule has 2 N–H and O–H groups in total. The molecular weight excluding hydrogens is 294 g/mol. The van der Waals surface area contributed by atoms with Crippen LogP contribution in [0.4, 0.5) is 10.5 Å². The van der Waals surface area contributed by atoms with Crippen LogP contribution in [0.2, 0.25) is 0 Å². The van der Waals surface area contributed by atoms with E-state index in [2.05, 4.69) is 22.5 Å². The third kappa shape index (κ3) is 4.51. The summed E-state index contributed by atoms with van der Waals surface area (Å²) < 4.78 is 10.5. The number of rotatable bonds is 5. The van der Waals surface area contributed by atoms with Crippen molar-refractivity contribution < 1.29 is 14.3 Å². The van der Waals surface area contributed by atoms with E-state index in [4.69, 9.17) is 9.47 Å². The fourth-order valence-electron chi connectivity index (χ4n) is 2.94. The molecule has 2 heterocycles. The highest BCUT2D eigenvalue weighted by atomic mass is 16.7. The second-order valence-corrected chi connectivity index (χ2v) is 6.33. The number of ether oxygens (including phenoxy) is 2. The van der Waals surface area contributed by atoms with Gasteiger partial charge in [-0.1, -0.05) is 6.92 Å². The molecule has 1 fully saturated rings. The van der Waals surface area contributed by atoms with Gasteiger partial charge in [0.2, 0.25) is 6.79 Å². The highest BCUT2D eigenvalue weighted by Gasteiger charge is 2.15. The van der Waals surface area contributed by atoms with Crippen molar-refractivity contribution in [1.29, 1.82) is 0 Å². The standard InChI is InChI=1S/C17H25N3O3/c1-13-5-9-20(10-6-13)8-2-7-18-17(21)19-14-3-4-15-16(11-14)23-12-22-15/h3-4,11,13H,2,5-10,12H2,1H3,(H2,18,19,21). The molecule has 0 radical (unpaired) electrons. The van der Waals surface area contributed by atoms with E-state index >= 15 is 0 Å². The van der Waals surface area contributed by atoms with Crippen LogP contribution in [-0.2, 0) is 0 Å². The number of hydrogen-bond donors (Lipinski definition) is 2. The van der Waals surface area contributed by atoms with Gasteiger partial charge in [0.05, 0.1) is 0 Å². The largest absolute Gasteiger partial charge is 0.454 e. The minimum Gasteiger partial charge on any atom is -0.454 e. The summed E-state index contributed by atoms with van der Waals surface area (Å²) in [6.45, 7) is 6.66. The van der Waals surface area contributed by atoms with E-state index in [9.17, 15) is 4.79 Å². The van der Waals surface area contributed by atoms with E-state index in [1.54, 1.807) is 12.1 Å². The zero-order chi connectivity index (χ0) is 16.1. The van der Waals surface area contributed by atoms with Gasteiger partial charge in [-0.15, -0.1) is 0 Å². The van der Waals surface area contributed by atoms with Crippen molar-refractivity contribution in [3.8, 4) is 11.5 Å². The Morgan fingerprint density at radius 3 is 2.87 bits per heavy atom. The molecule has 0 bridgehead atoms. The molecule has 6 nitrogen and oxygen atoms in total. The number of carbonyl (C=O) groups is 1. The topological polar surface area (TPSA) is 62.8 Å². The lowest BCUT2D eigenvalue weighted by molar-refractivity contribution is 0.174. The highest BCUT2D eigenvalue weighted by Crippen LogP contribution is 2.34. The van der Waals surface area contributed by atoms with Crippen LogP contribution in [0, 0.1) is 5.92 Å². The molecule has 0 unspecified atom stereocenters. The van der Waals surface area contributed by atoms with Crippen molar-refractivity contribution in [3.05, 3.63) is 18.2 Å². The molecule has 0 spiro atoms. The zero-order valence-corrected chi connectivity index (χ0v) is 13.6. The molecular formula is C17H25N3O3. The lowest BCUT2D eigenvalue weighted by atomic mass is 9.99. The monoisotopic (exact) mass is 319 g/mol. The van der Waals surface area contributed by atoms with Crippen LogP contribution in [0.1, 0.15) is 26.2 Å². The first kappa shape index (κ1) is 15.9. The molecule has 3 rings (SSSR count). The van der Waals surface area contributed by atoms with E-state index in [1.165, 1.54) is 25.9 Å². The van der Waals surface area contributed by atoms with Gasteiger partial charge in [-0.3, -0.25) is 0 Å². The Bertz CT molecular complexity index is 542. The molecule has 0 atom stereocenters. The second kappa shape index (κ2) is 7.55. The number of urea groups is 1. The summed E-state index contributed by atoms with van der Waals surface area (Å²) in [6.07, 6.45) is 3.55. The number of hydrogen-bond acceptors (Lipinski definition) is 4. The molecule has 126 valence electrons. The number of nitrogens with zero attached hydrogens (tertiary/aromatic N) is 1. The first-order valence-electron chi connectivity index (χ1n) is 8.37. The predicted octanol–water partition coefficient (Wildman–Crippen LogP) is 2.66. The summed E-state index contributed by atoms with van der Waals surface area (Å²) in [6, 6.07) is 5.20. The van der Waals surface area contributed by atoms with Gasteiger partial charge in [0, 0.05) is 18.3 Å². The number of likely N-dealkylation sites (tertiary alicyclic amines) is 1. The Balaban J connectivity index is 1.33. The smallest absolute Gasteiger partial charge is 0.319 e. The van der Waals surface area contributed by atoms with Crippen LogP contribution in [0.5, 0.6) is 11.5 Å². The van der Waals surface area contributed by atoms with Crippen LogP contribution in [-0.4, -0.2) is 43.9 Å². The van der Waals surface area contributed by atoms with Gasteiger partial charge < -0.3 is 25.0 Å². The first-order valence-corrected chi connectivity index (χ1v) is 8.37. The Hall–Kier alpha value is -1.95. The van der Waals surface area contributed by atoms with Gasteiger partial charge in [0.15, 0.2) is 11.5 Å². The fraction of sp³-hybridized carbons (Fsp3) is 0.588. The van der Waals surface area contributed by atoms with Crippen LogP contribution in [0.15, 0.2) is 18.2 Å². The number of amides is 2. The third-order valence-electron chi connectivity index (χ3n) is 4.44. The van der Waals surface area contributed by atoms with E-state index in [-0.39, 0.29) is 12.8 Å². The van der Waals surface area contributed by atoms with E-state index in [1.807, 2.05) is 6.07 Å². The summed E-state index contributed by atoms with van der Waals surface area (Å²) in [5.74, 6) is 2.24. The van der Waals surface area contributed by atoms with Crippen molar-refractivity contribution in [2.75, 3.05) is 38.3 Å². The zero-order valence-electron chi connectivity index (χ0n) is 13.6. The maximum absolute atomic E-state index is 11.9. The Kier molecular flexibility index (Phi) is 5.23.